The Labute approximate surface area is 124 Å². The molecule has 3 atom stereocenters. The third kappa shape index (κ3) is 3.77. The summed E-state index contributed by atoms with van der Waals surface area (Å²) in [6.45, 7) is 8.13. The summed E-state index contributed by atoms with van der Waals surface area (Å²) in [5.41, 5.74) is 0. The van der Waals surface area contributed by atoms with Crippen molar-refractivity contribution in [1.82, 2.24) is 15.6 Å². The molecular weight excluding hydrogens is 274 g/mol. The van der Waals surface area contributed by atoms with Gasteiger partial charge in [-0.25, -0.2) is 4.98 Å². The molecule has 0 radical (unpaired) electrons. The number of nitrogens with one attached hydrogen (secondary N) is 2. The smallest absolute Gasteiger partial charge is 0.227 e. The SMILES string of the molecule is CCCNC1COCC1C(=O)NC(C)c1ncc(C)s1. The average Bonchev–Trinajstić information content (AvgIpc) is 3.04. The molecule has 2 heterocycles. The molecule has 0 bridgehead atoms. The molecule has 5 nitrogen and oxygen atoms in total. The van der Waals surface area contributed by atoms with Crippen molar-refractivity contribution in [2.24, 2.45) is 5.92 Å². The van der Waals surface area contributed by atoms with Crippen LogP contribution >= 0.6 is 11.3 Å². The second-order valence-corrected chi connectivity index (χ2v) is 6.51. The van der Waals surface area contributed by atoms with E-state index in [1.54, 1.807) is 11.3 Å². The average molecular weight is 297 g/mol. The molecule has 1 aromatic rings. The van der Waals surface area contributed by atoms with Gasteiger partial charge < -0.3 is 15.4 Å². The summed E-state index contributed by atoms with van der Waals surface area (Å²) in [5.74, 6) is -0.0542. The van der Waals surface area contributed by atoms with Crippen LogP contribution < -0.4 is 10.6 Å². The number of thiazole rings is 1. The lowest BCUT2D eigenvalue weighted by atomic mass is 10.0. The number of hydrogen-bond donors (Lipinski definition) is 2. The first-order valence-corrected chi connectivity index (χ1v) is 7.97. The zero-order valence-electron chi connectivity index (χ0n) is 12.3. The van der Waals surface area contributed by atoms with Gasteiger partial charge in [-0.1, -0.05) is 6.92 Å². The lowest BCUT2D eigenvalue weighted by Gasteiger charge is -2.20. The normalized spacial score (nSPS) is 23.8. The first-order valence-electron chi connectivity index (χ1n) is 7.15. The monoisotopic (exact) mass is 297 g/mol. The molecule has 2 N–H and O–H groups in total. The molecule has 20 heavy (non-hydrogen) atoms. The number of aromatic nitrogens is 1. The van der Waals surface area contributed by atoms with Crippen LogP contribution in [0.4, 0.5) is 0 Å². The highest BCUT2D eigenvalue weighted by Crippen LogP contribution is 2.21. The minimum atomic E-state index is -0.106. The van der Waals surface area contributed by atoms with E-state index >= 15 is 0 Å². The molecule has 1 aliphatic rings. The summed E-state index contributed by atoms with van der Waals surface area (Å²) in [6.07, 6.45) is 2.90. The number of hydrogen-bond acceptors (Lipinski definition) is 5. The van der Waals surface area contributed by atoms with Crippen molar-refractivity contribution in [3.63, 3.8) is 0 Å². The summed E-state index contributed by atoms with van der Waals surface area (Å²) in [6, 6.07) is 0.0776. The van der Waals surface area contributed by atoms with E-state index in [2.05, 4.69) is 22.5 Å². The number of nitrogens with zero attached hydrogens (tertiary/aromatic N) is 1. The highest BCUT2D eigenvalue weighted by Gasteiger charge is 2.34. The van der Waals surface area contributed by atoms with Crippen molar-refractivity contribution in [2.75, 3.05) is 19.8 Å². The molecule has 0 spiro atoms. The van der Waals surface area contributed by atoms with Gasteiger partial charge in [0.05, 0.1) is 25.2 Å². The third-order valence-corrected chi connectivity index (χ3v) is 4.54. The first-order chi connectivity index (χ1) is 9.61. The Morgan fingerprint density at radius 2 is 2.40 bits per heavy atom. The number of ether oxygens (including phenoxy) is 1. The molecule has 1 amide bonds. The molecule has 2 rings (SSSR count). The van der Waals surface area contributed by atoms with Gasteiger partial charge in [-0.15, -0.1) is 11.3 Å². The fraction of sp³-hybridized carbons (Fsp3) is 0.714. The third-order valence-electron chi connectivity index (χ3n) is 3.44. The van der Waals surface area contributed by atoms with Crippen molar-refractivity contribution in [2.45, 2.75) is 39.3 Å². The molecule has 3 unspecified atom stereocenters. The zero-order valence-corrected chi connectivity index (χ0v) is 13.1. The second kappa shape index (κ2) is 7.15. The van der Waals surface area contributed by atoms with Crippen molar-refractivity contribution < 1.29 is 9.53 Å². The fourth-order valence-corrected chi connectivity index (χ4v) is 3.07. The highest BCUT2D eigenvalue weighted by molar-refractivity contribution is 7.11. The number of amides is 1. The van der Waals surface area contributed by atoms with Gasteiger partial charge in [0.15, 0.2) is 0 Å². The number of rotatable bonds is 6. The summed E-state index contributed by atoms with van der Waals surface area (Å²) in [7, 11) is 0. The van der Waals surface area contributed by atoms with E-state index in [1.165, 1.54) is 0 Å². The molecule has 112 valence electrons. The van der Waals surface area contributed by atoms with Crippen molar-refractivity contribution in [1.29, 1.82) is 0 Å². The maximum Gasteiger partial charge on any atom is 0.227 e. The fourth-order valence-electron chi connectivity index (χ4n) is 2.30. The van der Waals surface area contributed by atoms with Crippen LogP contribution in [0.15, 0.2) is 6.20 Å². The predicted molar refractivity (Wildman–Crippen MR) is 79.8 cm³/mol. The van der Waals surface area contributed by atoms with Crippen LogP contribution in [-0.4, -0.2) is 36.7 Å². The lowest BCUT2D eigenvalue weighted by Crippen LogP contribution is -2.44. The van der Waals surface area contributed by atoms with Crippen LogP contribution in [0.2, 0.25) is 0 Å². The molecule has 1 saturated heterocycles. The van der Waals surface area contributed by atoms with Crippen molar-refractivity contribution >= 4 is 17.2 Å². The molecule has 1 aliphatic heterocycles. The quantitative estimate of drug-likeness (QED) is 0.838. The molecule has 0 saturated carbocycles. The van der Waals surface area contributed by atoms with Gasteiger partial charge in [-0.05, 0) is 26.8 Å². The van der Waals surface area contributed by atoms with E-state index in [0.717, 1.165) is 22.9 Å². The Hall–Kier alpha value is -0.980. The molecule has 0 aromatic carbocycles. The molecule has 6 heteroatoms. The van der Waals surface area contributed by atoms with Gasteiger partial charge in [0.1, 0.15) is 5.01 Å². The second-order valence-electron chi connectivity index (χ2n) is 5.24. The minimum absolute atomic E-state index is 0.0476. The van der Waals surface area contributed by atoms with E-state index < -0.39 is 0 Å². The molecule has 0 aliphatic carbocycles. The number of carbonyl (C=O) groups is 1. The Morgan fingerprint density at radius 3 is 3.05 bits per heavy atom. The van der Waals surface area contributed by atoms with Crippen LogP contribution in [0, 0.1) is 12.8 Å². The number of carbonyl (C=O) groups excluding carboxylic acids is 1. The van der Waals surface area contributed by atoms with Gasteiger partial charge in [0.2, 0.25) is 5.91 Å². The van der Waals surface area contributed by atoms with Gasteiger partial charge in [0.25, 0.3) is 0 Å². The summed E-state index contributed by atoms with van der Waals surface area (Å²) in [5, 5.41) is 7.38. The van der Waals surface area contributed by atoms with E-state index in [4.69, 9.17) is 4.74 Å². The van der Waals surface area contributed by atoms with Crippen LogP contribution in [0.3, 0.4) is 0 Å². The van der Waals surface area contributed by atoms with Crippen molar-refractivity contribution in [3.05, 3.63) is 16.1 Å². The van der Waals surface area contributed by atoms with Gasteiger partial charge in [-0.3, -0.25) is 4.79 Å². The summed E-state index contributed by atoms with van der Waals surface area (Å²) < 4.78 is 5.44. The maximum atomic E-state index is 12.4. The Kier molecular flexibility index (Phi) is 5.51. The summed E-state index contributed by atoms with van der Waals surface area (Å²) in [4.78, 5) is 17.8. The standard InChI is InChI=1S/C14H23N3O2S/c1-4-5-15-12-8-19-7-11(12)13(18)17-10(3)14-16-6-9(2)20-14/h6,10-12,15H,4-5,7-8H2,1-3H3,(H,17,18). The maximum absolute atomic E-state index is 12.4. The number of aryl methyl sites for hydroxylation is 1. The van der Waals surface area contributed by atoms with Crippen LogP contribution in [0.1, 0.15) is 36.2 Å². The van der Waals surface area contributed by atoms with Crippen molar-refractivity contribution in [3.8, 4) is 0 Å². The molecule has 1 aromatic heterocycles. The predicted octanol–water partition coefficient (Wildman–Crippen LogP) is 1.64. The lowest BCUT2D eigenvalue weighted by molar-refractivity contribution is -0.126. The van der Waals surface area contributed by atoms with E-state index in [9.17, 15) is 4.79 Å². The zero-order chi connectivity index (χ0) is 14.5. The minimum Gasteiger partial charge on any atom is -0.379 e. The summed E-state index contributed by atoms with van der Waals surface area (Å²) >= 11 is 1.62. The van der Waals surface area contributed by atoms with Crippen LogP contribution in [0.25, 0.3) is 0 Å². The largest absolute Gasteiger partial charge is 0.379 e. The van der Waals surface area contributed by atoms with E-state index in [0.29, 0.717) is 13.2 Å². The van der Waals surface area contributed by atoms with E-state index in [1.807, 2.05) is 20.0 Å². The Bertz CT molecular complexity index is 449. The Morgan fingerprint density at radius 1 is 1.60 bits per heavy atom. The molecular formula is C14H23N3O2S. The van der Waals surface area contributed by atoms with Crippen LogP contribution in [0.5, 0.6) is 0 Å². The van der Waals surface area contributed by atoms with E-state index in [-0.39, 0.29) is 23.9 Å². The van der Waals surface area contributed by atoms with Gasteiger partial charge in [0, 0.05) is 17.1 Å². The first kappa shape index (κ1) is 15.4. The topological polar surface area (TPSA) is 63.2 Å². The van der Waals surface area contributed by atoms with Gasteiger partial charge in [-0.2, -0.15) is 0 Å². The molecule has 1 fully saturated rings. The van der Waals surface area contributed by atoms with Gasteiger partial charge >= 0.3 is 0 Å². The Balaban J connectivity index is 1.90. The van der Waals surface area contributed by atoms with Crippen LogP contribution in [-0.2, 0) is 9.53 Å². The highest BCUT2D eigenvalue weighted by atomic mass is 32.1.